The van der Waals surface area contributed by atoms with Crippen LogP contribution < -0.4 is 5.32 Å². The van der Waals surface area contributed by atoms with Crippen LogP contribution in [0, 0.1) is 5.82 Å². The molecule has 1 N–H and O–H groups in total. The van der Waals surface area contributed by atoms with Gasteiger partial charge in [0, 0.05) is 6.08 Å². The molecule has 3 nitrogen and oxygen atoms in total. The van der Waals surface area contributed by atoms with Crippen molar-refractivity contribution < 1.29 is 13.6 Å². The second-order valence-corrected chi connectivity index (χ2v) is 4.13. The van der Waals surface area contributed by atoms with E-state index in [-0.39, 0.29) is 17.8 Å². The molecule has 1 aromatic heterocycles. The van der Waals surface area contributed by atoms with Crippen LogP contribution in [-0.4, -0.2) is 5.91 Å². The smallest absolute Gasteiger partial charge is 0.244 e. The first-order valence-corrected chi connectivity index (χ1v) is 5.93. The molecule has 0 saturated heterocycles. The summed E-state index contributed by atoms with van der Waals surface area (Å²) in [6.07, 6.45) is 4.60. The van der Waals surface area contributed by atoms with Crippen LogP contribution in [-0.2, 0) is 4.79 Å². The van der Waals surface area contributed by atoms with Gasteiger partial charge in [-0.25, -0.2) is 4.39 Å². The highest BCUT2D eigenvalue weighted by Crippen LogP contribution is 2.12. The van der Waals surface area contributed by atoms with E-state index in [0.29, 0.717) is 5.76 Å². The first kappa shape index (κ1) is 13.1. The Morgan fingerprint density at radius 3 is 2.68 bits per heavy atom. The Kier molecular flexibility index (Phi) is 4.13. The average molecular weight is 259 g/mol. The summed E-state index contributed by atoms with van der Waals surface area (Å²) in [5, 5.41) is 2.77. The number of carbonyl (C=O) groups excluding carboxylic acids is 1. The van der Waals surface area contributed by atoms with Gasteiger partial charge in [0.1, 0.15) is 11.6 Å². The molecule has 0 radical (unpaired) electrons. The summed E-state index contributed by atoms with van der Waals surface area (Å²) in [7, 11) is 0. The van der Waals surface area contributed by atoms with E-state index in [0.717, 1.165) is 5.56 Å². The van der Waals surface area contributed by atoms with E-state index in [1.54, 1.807) is 36.6 Å². The van der Waals surface area contributed by atoms with E-state index in [4.69, 9.17) is 4.42 Å². The number of furan rings is 1. The quantitative estimate of drug-likeness (QED) is 0.856. The summed E-state index contributed by atoms with van der Waals surface area (Å²) in [4.78, 5) is 11.7. The second kappa shape index (κ2) is 6.00. The standard InChI is InChI=1S/C15H14FNO2/c1-11(14-3-2-10-19-14)17-15(18)9-6-12-4-7-13(16)8-5-12/h2-11H,1H3,(H,17,18)/b9-6+/t11-/m0/s1. The predicted octanol–water partition coefficient (Wildman–Crippen LogP) is 3.31. The Labute approximate surface area is 110 Å². The van der Waals surface area contributed by atoms with Gasteiger partial charge in [0.05, 0.1) is 12.3 Å². The molecule has 98 valence electrons. The molecule has 0 aliphatic rings. The number of rotatable bonds is 4. The summed E-state index contributed by atoms with van der Waals surface area (Å²) >= 11 is 0. The molecular weight excluding hydrogens is 245 g/mol. The number of nitrogens with one attached hydrogen (secondary N) is 1. The van der Waals surface area contributed by atoms with Crippen molar-refractivity contribution in [2.45, 2.75) is 13.0 Å². The van der Waals surface area contributed by atoms with Gasteiger partial charge in [0.15, 0.2) is 0 Å². The molecule has 0 saturated carbocycles. The number of hydrogen-bond donors (Lipinski definition) is 1. The molecule has 0 aliphatic carbocycles. The van der Waals surface area contributed by atoms with Crippen molar-refractivity contribution in [1.29, 1.82) is 0 Å². The Balaban J connectivity index is 1.92. The first-order valence-electron chi connectivity index (χ1n) is 5.93. The Morgan fingerprint density at radius 2 is 2.05 bits per heavy atom. The molecule has 0 spiro atoms. The number of hydrogen-bond acceptors (Lipinski definition) is 2. The van der Waals surface area contributed by atoms with Crippen LogP contribution in [0.1, 0.15) is 24.3 Å². The molecule has 2 rings (SSSR count). The highest BCUT2D eigenvalue weighted by molar-refractivity contribution is 5.91. The monoisotopic (exact) mass is 259 g/mol. The number of halogens is 1. The molecule has 0 aliphatic heterocycles. The largest absolute Gasteiger partial charge is 0.467 e. The molecule has 0 bridgehead atoms. The zero-order chi connectivity index (χ0) is 13.7. The van der Waals surface area contributed by atoms with E-state index in [2.05, 4.69) is 5.32 Å². The highest BCUT2D eigenvalue weighted by atomic mass is 19.1. The summed E-state index contributed by atoms with van der Waals surface area (Å²) < 4.78 is 17.9. The predicted molar refractivity (Wildman–Crippen MR) is 70.7 cm³/mol. The van der Waals surface area contributed by atoms with Crippen molar-refractivity contribution in [3.8, 4) is 0 Å². The van der Waals surface area contributed by atoms with E-state index in [1.165, 1.54) is 18.2 Å². The molecule has 4 heteroatoms. The Morgan fingerprint density at radius 1 is 1.32 bits per heavy atom. The van der Waals surface area contributed by atoms with Crippen molar-refractivity contribution in [2.75, 3.05) is 0 Å². The summed E-state index contributed by atoms with van der Waals surface area (Å²) in [5.41, 5.74) is 0.766. The summed E-state index contributed by atoms with van der Waals surface area (Å²) in [5.74, 6) is 0.171. The molecular formula is C15H14FNO2. The molecule has 1 heterocycles. The zero-order valence-electron chi connectivity index (χ0n) is 10.5. The fraction of sp³-hybridized carbons (Fsp3) is 0.133. The van der Waals surface area contributed by atoms with Gasteiger partial charge in [-0.3, -0.25) is 4.79 Å². The van der Waals surface area contributed by atoms with Crippen molar-refractivity contribution in [2.24, 2.45) is 0 Å². The summed E-state index contributed by atoms with van der Waals surface area (Å²) in [6.45, 7) is 1.84. The molecule has 0 fully saturated rings. The van der Waals surface area contributed by atoms with Crippen LogP contribution in [0.2, 0.25) is 0 Å². The van der Waals surface area contributed by atoms with Crippen LogP contribution in [0.15, 0.2) is 53.2 Å². The maximum atomic E-state index is 12.7. The lowest BCUT2D eigenvalue weighted by Crippen LogP contribution is -2.24. The van der Waals surface area contributed by atoms with Gasteiger partial charge < -0.3 is 9.73 Å². The SMILES string of the molecule is C[C@H](NC(=O)/C=C/c1ccc(F)cc1)c1ccco1. The topological polar surface area (TPSA) is 42.2 Å². The van der Waals surface area contributed by atoms with Gasteiger partial charge in [-0.2, -0.15) is 0 Å². The second-order valence-electron chi connectivity index (χ2n) is 4.13. The lowest BCUT2D eigenvalue weighted by Gasteiger charge is -2.08. The lowest BCUT2D eigenvalue weighted by atomic mass is 10.2. The van der Waals surface area contributed by atoms with Gasteiger partial charge in [-0.1, -0.05) is 12.1 Å². The molecule has 19 heavy (non-hydrogen) atoms. The maximum Gasteiger partial charge on any atom is 0.244 e. The van der Waals surface area contributed by atoms with Crippen LogP contribution in [0.25, 0.3) is 6.08 Å². The maximum absolute atomic E-state index is 12.7. The average Bonchev–Trinajstić information content (AvgIpc) is 2.92. The van der Waals surface area contributed by atoms with Gasteiger partial charge in [0.25, 0.3) is 0 Å². The third-order valence-electron chi connectivity index (χ3n) is 2.63. The molecule has 1 aromatic carbocycles. The van der Waals surface area contributed by atoms with E-state index in [9.17, 15) is 9.18 Å². The zero-order valence-corrected chi connectivity index (χ0v) is 10.5. The van der Waals surface area contributed by atoms with Crippen molar-refractivity contribution in [3.63, 3.8) is 0 Å². The Hall–Kier alpha value is -2.36. The molecule has 0 unspecified atom stereocenters. The minimum absolute atomic E-state index is 0.194. The molecule has 2 aromatic rings. The first-order chi connectivity index (χ1) is 9.15. The van der Waals surface area contributed by atoms with Crippen LogP contribution in [0.5, 0.6) is 0 Å². The minimum atomic E-state index is -0.298. The normalized spacial score (nSPS) is 12.5. The van der Waals surface area contributed by atoms with Crippen molar-refractivity contribution in [3.05, 3.63) is 65.9 Å². The van der Waals surface area contributed by atoms with Gasteiger partial charge >= 0.3 is 0 Å². The van der Waals surface area contributed by atoms with E-state index in [1.807, 2.05) is 6.92 Å². The molecule has 1 amide bonds. The van der Waals surface area contributed by atoms with Crippen molar-refractivity contribution in [1.82, 2.24) is 5.32 Å². The number of amides is 1. The molecule has 1 atom stereocenters. The van der Waals surface area contributed by atoms with Gasteiger partial charge in [0.2, 0.25) is 5.91 Å². The number of benzene rings is 1. The van der Waals surface area contributed by atoms with Gasteiger partial charge in [-0.15, -0.1) is 0 Å². The van der Waals surface area contributed by atoms with Crippen LogP contribution >= 0.6 is 0 Å². The van der Waals surface area contributed by atoms with Crippen LogP contribution in [0.4, 0.5) is 4.39 Å². The third-order valence-corrected chi connectivity index (χ3v) is 2.63. The van der Waals surface area contributed by atoms with E-state index < -0.39 is 0 Å². The van der Waals surface area contributed by atoms with E-state index >= 15 is 0 Å². The van der Waals surface area contributed by atoms with Crippen LogP contribution in [0.3, 0.4) is 0 Å². The highest BCUT2D eigenvalue weighted by Gasteiger charge is 2.09. The third kappa shape index (κ3) is 3.81. The number of carbonyl (C=O) groups is 1. The van der Waals surface area contributed by atoms with Gasteiger partial charge in [-0.05, 0) is 42.8 Å². The fourth-order valence-electron chi connectivity index (χ4n) is 1.62. The Bertz CT molecular complexity index is 558. The fourth-order valence-corrected chi connectivity index (χ4v) is 1.62. The summed E-state index contributed by atoms with van der Waals surface area (Å²) in [6, 6.07) is 9.29. The van der Waals surface area contributed by atoms with Crippen molar-refractivity contribution >= 4 is 12.0 Å². The lowest BCUT2D eigenvalue weighted by molar-refractivity contribution is -0.117. The minimum Gasteiger partial charge on any atom is -0.467 e.